The average Bonchev–Trinajstić information content (AvgIpc) is 2.43. The van der Waals surface area contributed by atoms with Crippen molar-refractivity contribution in [1.29, 1.82) is 0 Å². The van der Waals surface area contributed by atoms with Gasteiger partial charge in [0.1, 0.15) is 6.10 Å². The second-order valence-corrected chi connectivity index (χ2v) is 8.45. The third-order valence-corrected chi connectivity index (χ3v) is 6.69. The number of thioether (sulfide) groups is 1. The minimum atomic E-state index is -0.272. The van der Waals surface area contributed by atoms with E-state index in [-0.39, 0.29) is 12.1 Å². The zero-order valence-electron chi connectivity index (χ0n) is 11.4. The van der Waals surface area contributed by atoms with Crippen LogP contribution in [-0.4, -0.2) is 27.4 Å². The smallest absolute Gasteiger partial charge is 0.330 e. The molecule has 2 aliphatic rings. The van der Waals surface area contributed by atoms with Crippen LogP contribution >= 0.6 is 27.7 Å². The van der Waals surface area contributed by atoms with Gasteiger partial charge in [-0.25, -0.2) is 4.79 Å². The molecule has 0 aromatic heterocycles. The molecule has 0 N–H and O–H groups in total. The van der Waals surface area contributed by atoms with Crippen LogP contribution in [0.25, 0.3) is 0 Å². The van der Waals surface area contributed by atoms with Crippen molar-refractivity contribution in [1.82, 2.24) is 0 Å². The molecule has 108 valence electrons. The van der Waals surface area contributed by atoms with E-state index in [2.05, 4.69) is 34.3 Å². The van der Waals surface area contributed by atoms with Crippen LogP contribution < -0.4 is 0 Å². The average molecular weight is 347 g/mol. The SMILES string of the molecule is C=CC(=O)OC1CCC(SC2CCC(Br)CC2)CC1. The van der Waals surface area contributed by atoms with Crippen LogP contribution in [-0.2, 0) is 9.53 Å². The maximum absolute atomic E-state index is 11.2. The number of hydrogen-bond acceptors (Lipinski definition) is 3. The van der Waals surface area contributed by atoms with Crippen molar-refractivity contribution in [2.24, 2.45) is 0 Å². The molecule has 2 nitrogen and oxygen atoms in total. The summed E-state index contributed by atoms with van der Waals surface area (Å²) in [5.41, 5.74) is 0. The molecule has 0 aliphatic heterocycles. The van der Waals surface area contributed by atoms with E-state index in [0.717, 1.165) is 28.2 Å². The Labute approximate surface area is 128 Å². The van der Waals surface area contributed by atoms with Crippen molar-refractivity contribution in [3.8, 4) is 0 Å². The highest BCUT2D eigenvalue weighted by Gasteiger charge is 2.27. The molecule has 19 heavy (non-hydrogen) atoms. The fourth-order valence-electron chi connectivity index (χ4n) is 2.93. The molecule has 0 aromatic rings. The van der Waals surface area contributed by atoms with Crippen molar-refractivity contribution < 1.29 is 9.53 Å². The van der Waals surface area contributed by atoms with Gasteiger partial charge in [0.25, 0.3) is 0 Å². The third-order valence-electron chi connectivity index (χ3n) is 4.06. The summed E-state index contributed by atoms with van der Waals surface area (Å²) in [7, 11) is 0. The highest BCUT2D eigenvalue weighted by Crippen LogP contribution is 2.38. The first kappa shape index (κ1) is 15.4. The molecule has 2 saturated carbocycles. The van der Waals surface area contributed by atoms with Crippen molar-refractivity contribution in [3.63, 3.8) is 0 Å². The molecule has 2 aliphatic carbocycles. The largest absolute Gasteiger partial charge is 0.459 e. The van der Waals surface area contributed by atoms with E-state index in [9.17, 15) is 4.79 Å². The van der Waals surface area contributed by atoms with Gasteiger partial charge in [-0.2, -0.15) is 11.8 Å². The third kappa shape index (κ3) is 5.14. The molecule has 0 radical (unpaired) electrons. The summed E-state index contributed by atoms with van der Waals surface area (Å²) in [6, 6.07) is 0. The summed E-state index contributed by atoms with van der Waals surface area (Å²) < 4.78 is 5.32. The van der Waals surface area contributed by atoms with Gasteiger partial charge in [0.2, 0.25) is 0 Å². The summed E-state index contributed by atoms with van der Waals surface area (Å²) in [5, 5.41) is 1.63. The maximum atomic E-state index is 11.2. The number of carbonyl (C=O) groups excluding carboxylic acids is 1. The van der Waals surface area contributed by atoms with E-state index in [1.165, 1.54) is 44.6 Å². The van der Waals surface area contributed by atoms with E-state index < -0.39 is 0 Å². The lowest BCUT2D eigenvalue weighted by atomic mass is 9.97. The fourth-order valence-corrected chi connectivity index (χ4v) is 5.09. The van der Waals surface area contributed by atoms with Gasteiger partial charge in [-0.3, -0.25) is 0 Å². The molecule has 0 saturated heterocycles. The van der Waals surface area contributed by atoms with Gasteiger partial charge in [-0.1, -0.05) is 22.5 Å². The number of carbonyl (C=O) groups is 1. The first-order chi connectivity index (χ1) is 9.17. The summed E-state index contributed by atoms with van der Waals surface area (Å²) in [5.74, 6) is -0.272. The quantitative estimate of drug-likeness (QED) is 0.426. The second kappa shape index (κ2) is 7.72. The van der Waals surface area contributed by atoms with Gasteiger partial charge >= 0.3 is 5.97 Å². The van der Waals surface area contributed by atoms with Crippen LogP contribution in [0.15, 0.2) is 12.7 Å². The van der Waals surface area contributed by atoms with E-state index >= 15 is 0 Å². The molecule has 0 amide bonds. The Balaban J connectivity index is 1.66. The number of halogens is 1. The number of esters is 1. The zero-order valence-corrected chi connectivity index (χ0v) is 13.8. The molecule has 0 spiro atoms. The first-order valence-corrected chi connectivity index (χ1v) is 9.15. The lowest BCUT2D eigenvalue weighted by Crippen LogP contribution is -2.27. The van der Waals surface area contributed by atoms with Gasteiger partial charge in [0.05, 0.1) is 0 Å². The maximum Gasteiger partial charge on any atom is 0.330 e. The highest BCUT2D eigenvalue weighted by atomic mass is 79.9. The van der Waals surface area contributed by atoms with E-state index in [1.807, 2.05) is 0 Å². The summed E-state index contributed by atoms with van der Waals surface area (Å²) in [6.45, 7) is 3.44. The second-order valence-electron chi connectivity index (χ2n) is 5.55. The molecule has 2 fully saturated rings. The van der Waals surface area contributed by atoms with Crippen LogP contribution in [0.1, 0.15) is 51.4 Å². The van der Waals surface area contributed by atoms with E-state index in [1.54, 1.807) is 0 Å². The van der Waals surface area contributed by atoms with Crippen LogP contribution in [0, 0.1) is 0 Å². The molecule has 0 bridgehead atoms. The highest BCUT2D eigenvalue weighted by molar-refractivity contribution is 9.09. The van der Waals surface area contributed by atoms with E-state index in [4.69, 9.17) is 4.74 Å². The number of hydrogen-bond donors (Lipinski definition) is 0. The van der Waals surface area contributed by atoms with Gasteiger partial charge < -0.3 is 4.74 Å². The molecular formula is C15H23BrO2S. The molecule has 2 rings (SSSR count). The van der Waals surface area contributed by atoms with Gasteiger partial charge in [-0.05, 0) is 51.4 Å². The standard InChI is InChI=1S/C15H23BrO2S/c1-2-15(17)18-12-5-9-14(10-6-12)19-13-7-3-11(16)4-8-13/h2,11-14H,1,3-10H2. The van der Waals surface area contributed by atoms with Crippen LogP contribution in [0.3, 0.4) is 0 Å². The zero-order chi connectivity index (χ0) is 13.7. The number of alkyl halides is 1. The molecule has 0 heterocycles. The first-order valence-electron chi connectivity index (χ1n) is 7.30. The molecule has 0 unspecified atom stereocenters. The van der Waals surface area contributed by atoms with E-state index in [0.29, 0.717) is 0 Å². The van der Waals surface area contributed by atoms with Crippen LogP contribution in [0.2, 0.25) is 0 Å². The Morgan fingerprint density at radius 2 is 1.58 bits per heavy atom. The lowest BCUT2D eigenvalue weighted by Gasteiger charge is -2.32. The van der Waals surface area contributed by atoms with Crippen molar-refractivity contribution in [2.45, 2.75) is 72.8 Å². The summed E-state index contributed by atoms with van der Waals surface area (Å²) in [6.07, 6.45) is 11.2. The van der Waals surface area contributed by atoms with Crippen LogP contribution in [0.5, 0.6) is 0 Å². The van der Waals surface area contributed by atoms with Gasteiger partial charge in [0.15, 0.2) is 0 Å². The van der Waals surface area contributed by atoms with Crippen molar-refractivity contribution in [2.75, 3.05) is 0 Å². The Kier molecular flexibility index (Phi) is 6.27. The van der Waals surface area contributed by atoms with Crippen LogP contribution in [0.4, 0.5) is 0 Å². The Bertz CT molecular complexity index is 305. The number of ether oxygens (including phenoxy) is 1. The minimum absolute atomic E-state index is 0.126. The minimum Gasteiger partial charge on any atom is -0.459 e. The predicted molar refractivity (Wildman–Crippen MR) is 84.9 cm³/mol. The van der Waals surface area contributed by atoms with Crippen molar-refractivity contribution >= 4 is 33.7 Å². The monoisotopic (exact) mass is 346 g/mol. The summed E-state index contributed by atoms with van der Waals surface area (Å²) in [4.78, 5) is 11.9. The molecule has 4 heteroatoms. The Morgan fingerprint density at radius 1 is 1.05 bits per heavy atom. The fraction of sp³-hybridized carbons (Fsp3) is 0.800. The normalized spacial score (nSPS) is 35.6. The Hall–Kier alpha value is 0.0400. The van der Waals surface area contributed by atoms with Gasteiger partial charge in [0, 0.05) is 21.4 Å². The summed E-state index contributed by atoms with van der Waals surface area (Å²) >= 11 is 5.90. The molecule has 0 aromatic carbocycles. The predicted octanol–water partition coefficient (Wildman–Crippen LogP) is 4.47. The Morgan fingerprint density at radius 3 is 2.11 bits per heavy atom. The van der Waals surface area contributed by atoms with Gasteiger partial charge in [-0.15, -0.1) is 0 Å². The van der Waals surface area contributed by atoms with Crippen molar-refractivity contribution in [3.05, 3.63) is 12.7 Å². The molecule has 0 atom stereocenters. The topological polar surface area (TPSA) is 26.3 Å². The molecular weight excluding hydrogens is 324 g/mol. The number of rotatable bonds is 4. The lowest BCUT2D eigenvalue weighted by molar-refractivity contribution is -0.144.